The molecule has 2 heterocycles. The Morgan fingerprint density at radius 3 is 2.50 bits per heavy atom. The minimum atomic E-state index is 0.538. The number of pyridine rings is 1. The van der Waals surface area contributed by atoms with Crippen LogP contribution in [0.4, 0.5) is 5.82 Å². The van der Waals surface area contributed by atoms with Crippen LogP contribution >= 0.6 is 11.8 Å². The molecule has 2 N–H and O–H groups in total. The van der Waals surface area contributed by atoms with Crippen molar-refractivity contribution in [2.75, 3.05) is 18.0 Å². The number of hydrogen-bond donors (Lipinski definition) is 1. The minimum Gasteiger partial charge on any atom is -0.354 e. The smallest absolute Gasteiger partial charge is 0.136 e. The lowest BCUT2D eigenvalue weighted by atomic mass is 10.1. The zero-order chi connectivity index (χ0) is 14.1. The first-order valence-electron chi connectivity index (χ1n) is 7.16. The Balaban J connectivity index is 2.08. The zero-order valence-electron chi connectivity index (χ0n) is 12.0. The summed E-state index contributed by atoms with van der Waals surface area (Å²) in [7, 11) is 0. The number of thioether (sulfide) groups is 1. The number of rotatable bonds is 2. The third-order valence-corrected chi connectivity index (χ3v) is 5.02. The molecule has 1 aliphatic rings. The molecule has 2 aromatic rings. The van der Waals surface area contributed by atoms with Gasteiger partial charge in [0.15, 0.2) is 0 Å². The summed E-state index contributed by atoms with van der Waals surface area (Å²) < 4.78 is 0. The molecule has 2 unspecified atom stereocenters. The van der Waals surface area contributed by atoms with Gasteiger partial charge in [0.2, 0.25) is 0 Å². The lowest BCUT2D eigenvalue weighted by Gasteiger charge is -2.36. The van der Waals surface area contributed by atoms with Gasteiger partial charge in [-0.1, -0.05) is 38.1 Å². The lowest BCUT2D eigenvalue weighted by molar-refractivity contribution is 0.721. The van der Waals surface area contributed by atoms with Crippen LogP contribution in [0.1, 0.15) is 19.4 Å². The van der Waals surface area contributed by atoms with Crippen molar-refractivity contribution in [3.8, 4) is 0 Å². The van der Waals surface area contributed by atoms with Crippen molar-refractivity contribution in [1.29, 1.82) is 0 Å². The minimum absolute atomic E-state index is 0.538. The zero-order valence-corrected chi connectivity index (χ0v) is 12.9. The van der Waals surface area contributed by atoms with Gasteiger partial charge < -0.3 is 10.6 Å². The van der Waals surface area contributed by atoms with Crippen molar-refractivity contribution in [3.05, 3.63) is 36.0 Å². The van der Waals surface area contributed by atoms with Crippen LogP contribution in [-0.2, 0) is 6.54 Å². The van der Waals surface area contributed by atoms with E-state index in [0.717, 1.165) is 24.5 Å². The molecule has 1 aromatic carbocycles. The number of benzene rings is 1. The number of anilines is 1. The lowest BCUT2D eigenvalue weighted by Crippen LogP contribution is -2.41. The number of aromatic nitrogens is 1. The molecule has 0 amide bonds. The van der Waals surface area contributed by atoms with Crippen molar-refractivity contribution < 1.29 is 0 Å². The van der Waals surface area contributed by atoms with Gasteiger partial charge >= 0.3 is 0 Å². The maximum atomic E-state index is 5.83. The Morgan fingerprint density at radius 2 is 1.85 bits per heavy atom. The van der Waals surface area contributed by atoms with Crippen LogP contribution in [0.15, 0.2) is 30.5 Å². The molecule has 2 atom stereocenters. The molecule has 3 rings (SSSR count). The second kappa shape index (κ2) is 5.62. The molecule has 0 spiro atoms. The highest BCUT2D eigenvalue weighted by Gasteiger charge is 2.24. The standard InChI is InChI=1S/C16H21N3S/c1-11-9-19(10-12(2)20-11)16-15-6-4-3-5-14(15)13(7-17)8-18-16/h3-6,8,11-12H,7,9-10,17H2,1-2H3. The fourth-order valence-electron chi connectivity index (χ4n) is 3.00. The number of nitrogens with zero attached hydrogens (tertiary/aromatic N) is 2. The van der Waals surface area contributed by atoms with Crippen LogP contribution in [0.5, 0.6) is 0 Å². The quantitative estimate of drug-likeness (QED) is 0.922. The van der Waals surface area contributed by atoms with Crippen LogP contribution in [0.25, 0.3) is 10.8 Å². The van der Waals surface area contributed by atoms with E-state index >= 15 is 0 Å². The first kappa shape index (κ1) is 13.7. The van der Waals surface area contributed by atoms with Gasteiger partial charge in [-0.05, 0) is 10.9 Å². The fourth-order valence-corrected chi connectivity index (χ4v) is 4.33. The molecule has 1 saturated heterocycles. The Labute approximate surface area is 124 Å². The Bertz CT molecular complexity index is 604. The molecule has 1 fully saturated rings. The van der Waals surface area contributed by atoms with Crippen LogP contribution in [-0.4, -0.2) is 28.6 Å². The average Bonchev–Trinajstić information content (AvgIpc) is 2.45. The van der Waals surface area contributed by atoms with Gasteiger partial charge in [-0.2, -0.15) is 11.8 Å². The predicted molar refractivity (Wildman–Crippen MR) is 88.4 cm³/mol. The van der Waals surface area contributed by atoms with E-state index in [-0.39, 0.29) is 0 Å². The third kappa shape index (κ3) is 2.50. The van der Waals surface area contributed by atoms with Crippen molar-refractivity contribution in [3.63, 3.8) is 0 Å². The molecule has 20 heavy (non-hydrogen) atoms. The molecule has 0 saturated carbocycles. The van der Waals surface area contributed by atoms with E-state index in [2.05, 4.69) is 54.8 Å². The summed E-state index contributed by atoms with van der Waals surface area (Å²) in [5, 5.41) is 3.75. The molecular weight excluding hydrogens is 266 g/mol. The van der Waals surface area contributed by atoms with Crippen molar-refractivity contribution in [2.24, 2.45) is 5.73 Å². The summed E-state index contributed by atoms with van der Waals surface area (Å²) in [4.78, 5) is 7.13. The van der Waals surface area contributed by atoms with Gasteiger partial charge in [0, 0.05) is 41.7 Å². The molecule has 1 aromatic heterocycles. The third-order valence-electron chi connectivity index (χ3n) is 3.80. The van der Waals surface area contributed by atoms with Gasteiger partial charge in [0.05, 0.1) is 0 Å². The van der Waals surface area contributed by atoms with Crippen molar-refractivity contribution >= 4 is 28.4 Å². The number of nitrogens with two attached hydrogens (primary N) is 1. The Kier molecular flexibility index (Phi) is 3.85. The van der Waals surface area contributed by atoms with Gasteiger partial charge in [-0.25, -0.2) is 4.98 Å². The van der Waals surface area contributed by atoms with E-state index in [0.29, 0.717) is 17.0 Å². The normalized spacial score (nSPS) is 23.2. The molecule has 3 nitrogen and oxygen atoms in total. The van der Waals surface area contributed by atoms with Gasteiger partial charge in [-0.15, -0.1) is 0 Å². The van der Waals surface area contributed by atoms with Crippen LogP contribution in [0.2, 0.25) is 0 Å². The highest BCUT2D eigenvalue weighted by molar-refractivity contribution is 8.00. The summed E-state index contributed by atoms with van der Waals surface area (Å²) in [5.41, 5.74) is 6.95. The SMILES string of the molecule is CC1CN(c2ncc(CN)c3ccccc23)CC(C)S1. The van der Waals surface area contributed by atoms with E-state index in [1.807, 2.05) is 6.20 Å². The summed E-state index contributed by atoms with van der Waals surface area (Å²) in [6.45, 7) is 7.26. The molecule has 0 aliphatic carbocycles. The second-order valence-electron chi connectivity index (χ2n) is 5.52. The Morgan fingerprint density at radius 1 is 1.20 bits per heavy atom. The largest absolute Gasteiger partial charge is 0.354 e. The van der Waals surface area contributed by atoms with E-state index in [4.69, 9.17) is 10.7 Å². The highest BCUT2D eigenvalue weighted by Crippen LogP contribution is 2.32. The molecule has 106 valence electrons. The van der Waals surface area contributed by atoms with E-state index < -0.39 is 0 Å². The molecule has 4 heteroatoms. The number of hydrogen-bond acceptors (Lipinski definition) is 4. The first-order valence-corrected chi connectivity index (χ1v) is 8.10. The van der Waals surface area contributed by atoms with Gasteiger partial charge in [0.1, 0.15) is 5.82 Å². The molecule has 1 aliphatic heterocycles. The van der Waals surface area contributed by atoms with E-state index in [9.17, 15) is 0 Å². The van der Waals surface area contributed by atoms with Crippen molar-refractivity contribution in [1.82, 2.24) is 4.98 Å². The molecule has 0 radical (unpaired) electrons. The maximum absolute atomic E-state index is 5.83. The average molecular weight is 287 g/mol. The monoisotopic (exact) mass is 287 g/mol. The summed E-state index contributed by atoms with van der Waals surface area (Å²) in [6.07, 6.45) is 1.94. The fraction of sp³-hybridized carbons (Fsp3) is 0.438. The van der Waals surface area contributed by atoms with Crippen LogP contribution < -0.4 is 10.6 Å². The van der Waals surface area contributed by atoms with E-state index in [1.54, 1.807) is 0 Å². The topological polar surface area (TPSA) is 42.2 Å². The maximum Gasteiger partial charge on any atom is 0.136 e. The van der Waals surface area contributed by atoms with Crippen molar-refractivity contribution in [2.45, 2.75) is 30.9 Å². The highest BCUT2D eigenvalue weighted by atomic mass is 32.2. The molecular formula is C16H21N3S. The van der Waals surface area contributed by atoms with E-state index in [1.165, 1.54) is 10.8 Å². The summed E-state index contributed by atoms with van der Waals surface area (Å²) >= 11 is 2.06. The predicted octanol–water partition coefficient (Wildman–Crippen LogP) is 3.02. The van der Waals surface area contributed by atoms with Crippen LogP contribution in [0, 0.1) is 0 Å². The van der Waals surface area contributed by atoms with Gasteiger partial charge in [0.25, 0.3) is 0 Å². The number of fused-ring (bicyclic) bond motifs is 1. The summed E-state index contributed by atoms with van der Waals surface area (Å²) in [5.74, 6) is 1.11. The summed E-state index contributed by atoms with van der Waals surface area (Å²) in [6, 6.07) is 8.46. The van der Waals surface area contributed by atoms with Gasteiger partial charge in [-0.3, -0.25) is 0 Å². The first-order chi connectivity index (χ1) is 9.69. The molecule has 0 bridgehead atoms. The second-order valence-corrected chi connectivity index (χ2v) is 7.40. The van der Waals surface area contributed by atoms with Crippen LogP contribution in [0.3, 0.4) is 0 Å². The Hall–Kier alpha value is -1.26.